The summed E-state index contributed by atoms with van der Waals surface area (Å²) in [5.41, 5.74) is 2.92. The van der Waals surface area contributed by atoms with Crippen molar-refractivity contribution in [2.75, 3.05) is 36.6 Å². The highest BCUT2D eigenvalue weighted by molar-refractivity contribution is 6.04. The number of halogens is 3. The summed E-state index contributed by atoms with van der Waals surface area (Å²) in [4.78, 5) is 23.1. The van der Waals surface area contributed by atoms with Crippen LogP contribution in [0.4, 0.5) is 24.5 Å². The lowest BCUT2D eigenvalue weighted by molar-refractivity contribution is 0.0127. The molecule has 2 aliphatic heterocycles. The smallest absolute Gasteiger partial charge is 0.286 e. The van der Waals surface area contributed by atoms with E-state index in [2.05, 4.69) is 21.4 Å². The third-order valence-corrected chi connectivity index (χ3v) is 7.25. The molecule has 1 amide bonds. The average Bonchev–Trinajstić information content (AvgIpc) is 2.93. The minimum absolute atomic E-state index is 0.0706. The quantitative estimate of drug-likeness (QED) is 0.505. The molecule has 0 bridgehead atoms. The number of hydrogen-bond donors (Lipinski definition) is 1. The number of pyridine rings is 2. The predicted octanol–water partition coefficient (Wildman–Crippen LogP) is 5.06. The molecule has 1 N–H and O–H groups in total. The van der Waals surface area contributed by atoms with Crippen LogP contribution in [0.2, 0.25) is 0 Å². The summed E-state index contributed by atoms with van der Waals surface area (Å²) in [5, 5.41) is 12.6. The molecular formula is C28H26F3N5O2. The first-order valence-electron chi connectivity index (χ1n) is 12.2. The minimum atomic E-state index is -3.16. The van der Waals surface area contributed by atoms with Crippen molar-refractivity contribution >= 4 is 17.3 Å². The van der Waals surface area contributed by atoms with Gasteiger partial charge in [-0.2, -0.15) is 14.0 Å². The lowest BCUT2D eigenvalue weighted by Gasteiger charge is -2.48. The standard InChI is InChI=1S/C28H26F3N5O2/c1-17-3-4-20(35-26(37)18-5-6-33-24(10-18)27(2,30)31)11-21(17)19-9-23-22(34-13-19)12-28(15-29,16-32)25-14-38-8-7-36(23)25/h3-6,9-11,13,25H,7-8,12,14-15H2,1-2H3,(H,35,37)/t25-,28+/m0/s1. The third kappa shape index (κ3) is 4.58. The Kier molecular flexibility index (Phi) is 6.57. The van der Waals surface area contributed by atoms with Crippen molar-refractivity contribution in [3.05, 3.63) is 71.3 Å². The molecule has 2 aliphatic rings. The van der Waals surface area contributed by atoms with E-state index in [-0.39, 0.29) is 18.6 Å². The first-order chi connectivity index (χ1) is 18.1. The Morgan fingerprint density at radius 2 is 2.11 bits per heavy atom. The van der Waals surface area contributed by atoms with E-state index in [0.717, 1.165) is 35.4 Å². The van der Waals surface area contributed by atoms with E-state index < -0.39 is 35.7 Å². The van der Waals surface area contributed by atoms with Crippen LogP contribution in [0.5, 0.6) is 0 Å². The van der Waals surface area contributed by atoms with E-state index >= 15 is 0 Å². The van der Waals surface area contributed by atoms with Crippen LogP contribution in [0.1, 0.15) is 34.2 Å². The van der Waals surface area contributed by atoms with E-state index in [0.29, 0.717) is 24.5 Å². The number of ether oxygens (including phenoxy) is 1. The number of fused-ring (bicyclic) bond motifs is 3. The Bertz CT molecular complexity index is 1430. The molecule has 5 rings (SSSR count). The number of benzene rings is 1. The lowest BCUT2D eigenvalue weighted by atomic mass is 9.74. The molecular weight excluding hydrogens is 495 g/mol. The van der Waals surface area contributed by atoms with E-state index in [1.807, 2.05) is 24.0 Å². The summed E-state index contributed by atoms with van der Waals surface area (Å²) in [6.45, 7) is 3.13. The summed E-state index contributed by atoms with van der Waals surface area (Å²) < 4.78 is 47.1. The molecule has 2 aromatic heterocycles. The lowest BCUT2D eigenvalue weighted by Crippen LogP contribution is -2.59. The van der Waals surface area contributed by atoms with Gasteiger partial charge >= 0.3 is 0 Å². The van der Waals surface area contributed by atoms with Gasteiger partial charge in [0.05, 0.1) is 36.7 Å². The Labute approximate surface area is 218 Å². The SMILES string of the molecule is Cc1ccc(NC(=O)c2ccnc(C(C)(F)F)c2)cc1-c1cnc2c(c1)N1CCOC[C@H]1[C@@](C#N)(CF)C2. The Morgan fingerprint density at radius 3 is 2.84 bits per heavy atom. The van der Waals surface area contributed by atoms with Crippen LogP contribution >= 0.6 is 0 Å². The zero-order valence-corrected chi connectivity index (χ0v) is 21.0. The van der Waals surface area contributed by atoms with Gasteiger partial charge < -0.3 is 15.0 Å². The number of aryl methyl sites for hydroxylation is 1. The molecule has 4 heterocycles. The zero-order chi connectivity index (χ0) is 27.1. The highest BCUT2D eigenvalue weighted by atomic mass is 19.3. The van der Waals surface area contributed by atoms with Crippen LogP contribution in [0.3, 0.4) is 0 Å². The van der Waals surface area contributed by atoms with Gasteiger partial charge in [0.2, 0.25) is 0 Å². The Morgan fingerprint density at radius 1 is 1.29 bits per heavy atom. The average molecular weight is 522 g/mol. The second kappa shape index (κ2) is 9.72. The maximum absolute atomic E-state index is 14.1. The first kappa shape index (κ1) is 25.7. The largest absolute Gasteiger partial charge is 0.377 e. The zero-order valence-electron chi connectivity index (χ0n) is 21.0. The second-order valence-electron chi connectivity index (χ2n) is 9.85. The van der Waals surface area contributed by atoms with Gasteiger partial charge in [0.1, 0.15) is 17.8 Å². The van der Waals surface area contributed by atoms with E-state index in [1.54, 1.807) is 18.3 Å². The topological polar surface area (TPSA) is 91.1 Å². The summed E-state index contributed by atoms with van der Waals surface area (Å²) in [6.07, 6.45) is 3.07. The molecule has 1 saturated heterocycles. The number of amides is 1. The van der Waals surface area contributed by atoms with Crippen LogP contribution < -0.4 is 10.2 Å². The molecule has 0 unspecified atom stereocenters. The second-order valence-corrected chi connectivity index (χ2v) is 9.85. The number of rotatable bonds is 5. The molecule has 7 nitrogen and oxygen atoms in total. The van der Waals surface area contributed by atoms with Crippen molar-refractivity contribution in [2.24, 2.45) is 5.41 Å². The van der Waals surface area contributed by atoms with Gasteiger partial charge in [0, 0.05) is 49.1 Å². The molecule has 38 heavy (non-hydrogen) atoms. The molecule has 196 valence electrons. The summed E-state index contributed by atoms with van der Waals surface area (Å²) >= 11 is 0. The fourth-order valence-corrected chi connectivity index (χ4v) is 5.09. The molecule has 0 radical (unpaired) electrons. The highest BCUT2D eigenvalue weighted by Gasteiger charge is 2.49. The van der Waals surface area contributed by atoms with Gasteiger partial charge in [0.25, 0.3) is 11.8 Å². The van der Waals surface area contributed by atoms with Crippen molar-refractivity contribution in [3.63, 3.8) is 0 Å². The van der Waals surface area contributed by atoms with E-state index in [4.69, 9.17) is 4.74 Å². The molecule has 0 aliphatic carbocycles. The van der Waals surface area contributed by atoms with Crippen molar-refractivity contribution in [2.45, 2.75) is 32.2 Å². The number of aromatic nitrogens is 2. The van der Waals surface area contributed by atoms with E-state index in [1.165, 1.54) is 12.3 Å². The molecule has 0 saturated carbocycles. The third-order valence-electron chi connectivity index (χ3n) is 7.25. The number of nitrogens with zero attached hydrogens (tertiary/aromatic N) is 4. The molecule has 1 aromatic carbocycles. The molecule has 1 fully saturated rings. The molecule has 3 aromatic rings. The Hall–Kier alpha value is -3.97. The monoisotopic (exact) mass is 521 g/mol. The maximum atomic E-state index is 14.1. The first-order valence-corrected chi connectivity index (χ1v) is 12.2. The van der Waals surface area contributed by atoms with Crippen molar-refractivity contribution in [1.82, 2.24) is 9.97 Å². The summed E-state index contributed by atoms with van der Waals surface area (Å²) in [5.74, 6) is -3.70. The summed E-state index contributed by atoms with van der Waals surface area (Å²) in [6, 6.07) is 11.6. The molecule has 2 atom stereocenters. The number of hydrogen-bond acceptors (Lipinski definition) is 6. The number of alkyl halides is 3. The number of nitriles is 1. The maximum Gasteiger partial charge on any atom is 0.286 e. The predicted molar refractivity (Wildman–Crippen MR) is 136 cm³/mol. The van der Waals surface area contributed by atoms with Crippen molar-refractivity contribution in [1.29, 1.82) is 5.26 Å². The number of nitrogens with one attached hydrogen (secondary N) is 1. The van der Waals surface area contributed by atoms with Crippen LogP contribution in [0.25, 0.3) is 11.1 Å². The fraction of sp³-hybridized carbons (Fsp3) is 0.357. The van der Waals surface area contributed by atoms with E-state index in [9.17, 15) is 23.2 Å². The van der Waals surface area contributed by atoms with Gasteiger partial charge in [-0.3, -0.25) is 14.8 Å². The number of morpholine rings is 1. The number of carbonyl (C=O) groups is 1. The Balaban J connectivity index is 1.46. The minimum Gasteiger partial charge on any atom is -0.377 e. The van der Waals surface area contributed by atoms with Crippen molar-refractivity contribution in [3.8, 4) is 17.2 Å². The number of anilines is 2. The molecule has 0 spiro atoms. The highest BCUT2D eigenvalue weighted by Crippen LogP contribution is 2.43. The van der Waals surface area contributed by atoms with Crippen LogP contribution in [0.15, 0.2) is 48.8 Å². The van der Waals surface area contributed by atoms with Gasteiger partial charge in [-0.1, -0.05) is 6.07 Å². The van der Waals surface area contributed by atoms with Gasteiger partial charge in [-0.05, 0) is 48.4 Å². The fourth-order valence-electron chi connectivity index (χ4n) is 5.09. The summed E-state index contributed by atoms with van der Waals surface area (Å²) in [7, 11) is 0. The van der Waals surface area contributed by atoms with Crippen LogP contribution in [0, 0.1) is 23.7 Å². The van der Waals surface area contributed by atoms with Gasteiger partial charge in [0.15, 0.2) is 0 Å². The van der Waals surface area contributed by atoms with Crippen molar-refractivity contribution < 1.29 is 22.7 Å². The van der Waals surface area contributed by atoms with Gasteiger partial charge in [-0.15, -0.1) is 0 Å². The normalized spacial score (nSPS) is 20.7. The number of carbonyl (C=O) groups excluding carboxylic acids is 1. The van der Waals surface area contributed by atoms with Crippen LogP contribution in [-0.2, 0) is 17.1 Å². The van der Waals surface area contributed by atoms with Gasteiger partial charge in [-0.25, -0.2) is 4.39 Å². The molecule has 10 heteroatoms. The van der Waals surface area contributed by atoms with Crippen LogP contribution in [-0.4, -0.2) is 48.4 Å².